The second-order valence-corrected chi connectivity index (χ2v) is 6.94. The number of amides is 1. The molecular weight excluding hydrogens is 346 g/mol. The van der Waals surface area contributed by atoms with Crippen LogP contribution in [0.1, 0.15) is 21.3 Å². The Balaban J connectivity index is 1.95. The van der Waals surface area contributed by atoms with E-state index >= 15 is 0 Å². The summed E-state index contributed by atoms with van der Waals surface area (Å²) in [6, 6.07) is 12.8. The maximum absolute atomic E-state index is 12.9. The van der Waals surface area contributed by atoms with Gasteiger partial charge in [0.25, 0.3) is 5.91 Å². The number of benzene rings is 2. The van der Waals surface area contributed by atoms with Gasteiger partial charge < -0.3 is 14.4 Å². The van der Waals surface area contributed by atoms with Gasteiger partial charge in [-0.3, -0.25) is 4.79 Å². The fourth-order valence-corrected chi connectivity index (χ4v) is 4.29. The molecule has 1 heterocycles. The average molecular weight is 364 g/mol. The second kappa shape index (κ2) is 7.36. The van der Waals surface area contributed by atoms with Crippen molar-refractivity contribution >= 4 is 29.3 Å². The number of ether oxygens (including phenoxy) is 2. The number of nitrogens with zero attached hydrogens (tertiary/aromatic N) is 1. The summed E-state index contributed by atoms with van der Waals surface area (Å²) in [5, 5.41) is 0.449. The highest BCUT2D eigenvalue weighted by atomic mass is 35.5. The molecule has 2 aromatic rings. The van der Waals surface area contributed by atoms with Crippen molar-refractivity contribution in [2.24, 2.45) is 0 Å². The van der Waals surface area contributed by atoms with Crippen LogP contribution in [0.25, 0.3) is 0 Å². The molecule has 0 bridgehead atoms. The largest absolute Gasteiger partial charge is 0.493 e. The molecule has 0 aromatic heterocycles. The molecule has 1 aliphatic heterocycles. The number of methoxy groups -OCH3 is 2. The molecular formula is C18H18ClNO3S. The number of para-hydroxylation sites is 1. The molecule has 1 aliphatic rings. The van der Waals surface area contributed by atoms with Gasteiger partial charge in [-0.2, -0.15) is 0 Å². The van der Waals surface area contributed by atoms with Crippen molar-refractivity contribution in [1.29, 1.82) is 0 Å². The van der Waals surface area contributed by atoms with Gasteiger partial charge in [0.15, 0.2) is 11.5 Å². The lowest BCUT2D eigenvalue weighted by atomic mass is 10.1. The van der Waals surface area contributed by atoms with Crippen LogP contribution in [-0.2, 0) is 0 Å². The molecule has 126 valence electrons. The molecule has 0 spiro atoms. The van der Waals surface area contributed by atoms with E-state index in [1.165, 1.54) is 0 Å². The van der Waals surface area contributed by atoms with Crippen LogP contribution in [0.4, 0.5) is 0 Å². The lowest BCUT2D eigenvalue weighted by Gasteiger charge is -2.26. The molecule has 1 saturated heterocycles. The third kappa shape index (κ3) is 3.19. The quantitative estimate of drug-likeness (QED) is 0.814. The Hall–Kier alpha value is -1.85. The van der Waals surface area contributed by atoms with Gasteiger partial charge in [0, 0.05) is 28.4 Å². The zero-order chi connectivity index (χ0) is 17.1. The monoisotopic (exact) mass is 363 g/mol. The number of carbonyl (C=O) groups is 1. The van der Waals surface area contributed by atoms with Crippen molar-refractivity contribution in [3.8, 4) is 11.5 Å². The molecule has 0 saturated carbocycles. The summed E-state index contributed by atoms with van der Waals surface area (Å²) in [5.74, 6) is 2.18. The maximum atomic E-state index is 12.9. The van der Waals surface area contributed by atoms with Gasteiger partial charge in [-0.15, -0.1) is 11.8 Å². The van der Waals surface area contributed by atoms with Gasteiger partial charge in [-0.25, -0.2) is 0 Å². The van der Waals surface area contributed by atoms with Crippen LogP contribution in [0.2, 0.25) is 5.02 Å². The van der Waals surface area contributed by atoms with Crippen molar-refractivity contribution in [3.05, 3.63) is 58.6 Å². The zero-order valence-electron chi connectivity index (χ0n) is 13.5. The van der Waals surface area contributed by atoms with E-state index in [9.17, 15) is 4.79 Å². The summed E-state index contributed by atoms with van der Waals surface area (Å²) in [6.45, 7) is 0.682. The number of thioether (sulfide) groups is 1. The van der Waals surface area contributed by atoms with Crippen LogP contribution in [-0.4, -0.2) is 37.3 Å². The SMILES string of the molecule is COc1cccc([C@@H]2SCCN2C(=O)c2cccc(Cl)c2)c1OC. The van der Waals surface area contributed by atoms with Crippen molar-refractivity contribution in [2.45, 2.75) is 5.37 Å². The summed E-state index contributed by atoms with van der Waals surface area (Å²) in [5.41, 5.74) is 1.53. The van der Waals surface area contributed by atoms with Crippen molar-refractivity contribution in [1.82, 2.24) is 4.90 Å². The fraction of sp³-hybridized carbons (Fsp3) is 0.278. The molecule has 24 heavy (non-hydrogen) atoms. The van der Waals surface area contributed by atoms with Gasteiger partial charge in [0.1, 0.15) is 5.37 Å². The topological polar surface area (TPSA) is 38.8 Å². The standard InChI is InChI=1S/C18H18ClNO3S/c1-22-15-8-4-7-14(16(15)23-2)18-20(9-10-24-18)17(21)12-5-3-6-13(19)11-12/h3-8,11,18H,9-10H2,1-2H3/t18-/m0/s1. The molecule has 6 heteroatoms. The normalized spacial score (nSPS) is 17.0. The predicted molar refractivity (Wildman–Crippen MR) is 97.2 cm³/mol. The van der Waals surface area contributed by atoms with Crippen LogP contribution in [0, 0.1) is 0 Å². The summed E-state index contributed by atoms with van der Waals surface area (Å²) < 4.78 is 10.9. The number of carbonyl (C=O) groups excluding carboxylic acids is 1. The summed E-state index contributed by atoms with van der Waals surface area (Å²) >= 11 is 7.74. The van der Waals surface area contributed by atoms with E-state index < -0.39 is 0 Å². The highest BCUT2D eigenvalue weighted by molar-refractivity contribution is 7.99. The summed E-state index contributed by atoms with van der Waals surface area (Å²) in [6.07, 6.45) is 0. The molecule has 0 radical (unpaired) electrons. The third-order valence-corrected chi connectivity index (χ3v) is 5.40. The van der Waals surface area contributed by atoms with Gasteiger partial charge >= 0.3 is 0 Å². The van der Waals surface area contributed by atoms with Crippen LogP contribution in [0.3, 0.4) is 0 Å². The minimum Gasteiger partial charge on any atom is -0.493 e. The van der Waals surface area contributed by atoms with E-state index in [4.69, 9.17) is 21.1 Å². The molecule has 0 N–H and O–H groups in total. The van der Waals surface area contributed by atoms with Crippen LogP contribution in [0.5, 0.6) is 11.5 Å². The number of hydrogen-bond acceptors (Lipinski definition) is 4. The predicted octanol–water partition coefficient (Wildman–Crippen LogP) is 4.25. The van der Waals surface area contributed by atoms with E-state index in [0.29, 0.717) is 28.6 Å². The Morgan fingerprint density at radius 1 is 1.21 bits per heavy atom. The van der Waals surface area contributed by atoms with Crippen molar-refractivity contribution in [2.75, 3.05) is 26.5 Å². The molecule has 2 aromatic carbocycles. The number of hydrogen-bond donors (Lipinski definition) is 0. The average Bonchev–Trinajstić information content (AvgIpc) is 3.09. The van der Waals surface area contributed by atoms with E-state index in [1.54, 1.807) is 50.2 Å². The highest BCUT2D eigenvalue weighted by Crippen LogP contribution is 2.45. The molecule has 4 nitrogen and oxygen atoms in total. The molecule has 1 fully saturated rings. The highest BCUT2D eigenvalue weighted by Gasteiger charge is 2.33. The van der Waals surface area contributed by atoms with Gasteiger partial charge in [0.05, 0.1) is 14.2 Å². The maximum Gasteiger partial charge on any atom is 0.255 e. The van der Waals surface area contributed by atoms with Crippen LogP contribution < -0.4 is 9.47 Å². The van der Waals surface area contributed by atoms with Crippen molar-refractivity contribution in [3.63, 3.8) is 0 Å². The van der Waals surface area contributed by atoms with E-state index in [-0.39, 0.29) is 11.3 Å². The number of halogens is 1. The van der Waals surface area contributed by atoms with E-state index in [0.717, 1.165) is 11.3 Å². The lowest BCUT2D eigenvalue weighted by molar-refractivity contribution is 0.0759. The van der Waals surface area contributed by atoms with Gasteiger partial charge in [-0.1, -0.05) is 29.8 Å². The van der Waals surface area contributed by atoms with E-state index in [1.807, 2.05) is 23.1 Å². The zero-order valence-corrected chi connectivity index (χ0v) is 15.1. The molecule has 1 atom stereocenters. The molecule has 0 aliphatic carbocycles. The molecule has 3 rings (SSSR count). The number of rotatable bonds is 4. The first-order valence-corrected chi connectivity index (χ1v) is 8.97. The van der Waals surface area contributed by atoms with E-state index in [2.05, 4.69) is 0 Å². The molecule has 0 unspecified atom stereocenters. The van der Waals surface area contributed by atoms with Crippen LogP contribution >= 0.6 is 23.4 Å². The molecule has 1 amide bonds. The smallest absolute Gasteiger partial charge is 0.255 e. The fourth-order valence-electron chi connectivity index (χ4n) is 2.83. The van der Waals surface area contributed by atoms with Gasteiger partial charge in [0.2, 0.25) is 0 Å². The Morgan fingerprint density at radius 3 is 2.71 bits per heavy atom. The first kappa shape index (κ1) is 17.0. The summed E-state index contributed by atoms with van der Waals surface area (Å²) in [7, 11) is 3.22. The minimum absolute atomic E-state index is 0.0302. The Bertz CT molecular complexity index is 753. The Labute approximate surface area is 150 Å². The first-order valence-electron chi connectivity index (χ1n) is 7.54. The Morgan fingerprint density at radius 2 is 2.00 bits per heavy atom. The second-order valence-electron chi connectivity index (χ2n) is 5.31. The minimum atomic E-state index is -0.110. The van der Waals surface area contributed by atoms with Gasteiger partial charge in [-0.05, 0) is 24.3 Å². The van der Waals surface area contributed by atoms with Crippen molar-refractivity contribution < 1.29 is 14.3 Å². The Kier molecular flexibility index (Phi) is 5.21. The first-order chi connectivity index (χ1) is 11.7. The lowest BCUT2D eigenvalue weighted by Crippen LogP contribution is -2.30. The van der Waals surface area contributed by atoms with Crippen LogP contribution in [0.15, 0.2) is 42.5 Å². The third-order valence-electron chi connectivity index (χ3n) is 3.92. The summed E-state index contributed by atoms with van der Waals surface area (Å²) in [4.78, 5) is 14.8.